The van der Waals surface area contributed by atoms with Gasteiger partial charge in [-0.3, -0.25) is 4.79 Å². The minimum atomic E-state index is -0.826. The fourth-order valence-electron chi connectivity index (χ4n) is 2.36. The van der Waals surface area contributed by atoms with Crippen molar-refractivity contribution in [2.45, 2.75) is 45.1 Å². The minimum absolute atomic E-state index is 0.278. The first-order valence-corrected chi connectivity index (χ1v) is 7.48. The third kappa shape index (κ3) is 3.78. The van der Waals surface area contributed by atoms with Crippen LogP contribution in [0.1, 0.15) is 50.7 Å². The Morgan fingerprint density at radius 3 is 2.23 bits per heavy atom. The van der Waals surface area contributed by atoms with Gasteiger partial charge in [-0.05, 0) is 38.8 Å². The van der Waals surface area contributed by atoms with Gasteiger partial charge in [0.05, 0.1) is 5.92 Å². The molecule has 1 aromatic rings. The number of carboxylic acids is 1. The summed E-state index contributed by atoms with van der Waals surface area (Å²) in [5.74, 6) is -1.04. The topological polar surface area (TPSA) is 66.8 Å². The lowest BCUT2D eigenvalue weighted by atomic mass is 9.90. The molecule has 1 atom stereocenters. The molecule has 1 N–H and O–H groups in total. The summed E-state index contributed by atoms with van der Waals surface area (Å²) >= 11 is 0. The van der Waals surface area contributed by atoms with E-state index < -0.39 is 17.5 Å². The van der Waals surface area contributed by atoms with E-state index in [1.54, 1.807) is 11.8 Å². The number of nitrogens with zero attached hydrogens (tertiary/aromatic N) is 1. The van der Waals surface area contributed by atoms with Crippen LogP contribution in [-0.2, 0) is 9.53 Å². The SMILES string of the molecule is CC(C(=O)O)c1ccc(C2CN(C(=O)OC(C)(C)C)C2)cc1. The van der Waals surface area contributed by atoms with Crippen molar-refractivity contribution in [2.75, 3.05) is 13.1 Å². The molecule has 120 valence electrons. The van der Waals surface area contributed by atoms with E-state index in [4.69, 9.17) is 9.84 Å². The second-order valence-electron chi connectivity index (χ2n) is 6.81. The first-order chi connectivity index (χ1) is 10.2. The first-order valence-electron chi connectivity index (χ1n) is 7.48. The van der Waals surface area contributed by atoms with Crippen LogP contribution in [0.25, 0.3) is 0 Å². The maximum atomic E-state index is 11.9. The van der Waals surface area contributed by atoms with Crippen molar-refractivity contribution in [1.82, 2.24) is 4.90 Å². The van der Waals surface area contributed by atoms with E-state index in [9.17, 15) is 9.59 Å². The number of ether oxygens (including phenoxy) is 1. The van der Waals surface area contributed by atoms with Crippen molar-refractivity contribution in [3.05, 3.63) is 35.4 Å². The number of amides is 1. The van der Waals surface area contributed by atoms with Gasteiger partial charge in [0, 0.05) is 19.0 Å². The van der Waals surface area contributed by atoms with Crippen LogP contribution in [0.15, 0.2) is 24.3 Å². The summed E-state index contributed by atoms with van der Waals surface area (Å²) in [5, 5.41) is 9.00. The average Bonchev–Trinajstić information content (AvgIpc) is 2.34. The monoisotopic (exact) mass is 305 g/mol. The van der Waals surface area contributed by atoms with Crippen molar-refractivity contribution < 1.29 is 19.4 Å². The number of rotatable bonds is 3. The largest absolute Gasteiger partial charge is 0.481 e. The maximum Gasteiger partial charge on any atom is 0.410 e. The van der Waals surface area contributed by atoms with Gasteiger partial charge in [0.2, 0.25) is 0 Å². The number of likely N-dealkylation sites (tertiary alicyclic amines) is 1. The van der Waals surface area contributed by atoms with Gasteiger partial charge in [0.25, 0.3) is 0 Å². The Morgan fingerprint density at radius 2 is 1.77 bits per heavy atom. The van der Waals surface area contributed by atoms with E-state index in [1.165, 1.54) is 0 Å². The Kier molecular flexibility index (Phi) is 4.44. The Hall–Kier alpha value is -2.04. The molecular formula is C17H23NO4. The fourth-order valence-corrected chi connectivity index (χ4v) is 2.36. The van der Waals surface area contributed by atoms with Gasteiger partial charge in [-0.25, -0.2) is 4.79 Å². The summed E-state index contributed by atoms with van der Waals surface area (Å²) in [6, 6.07) is 7.60. The smallest absolute Gasteiger partial charge is 0.410 e. The molecule has 0 bridgehead atoms. The van der Waals surface area contributed by atoms with Gasteiger partial charge in [-0.1, -0.05) is 24.3 Å². The zero-order valence-electron chi connectivity index (χ0n) is 13.5. The number of carboxylic acid groups (broad SMARTS) is 1. The van der Waals surface area contributed by atoms with Crippen LogP contribution < -0.4 is 0 Å². The molecule has 1 aromatic carbocycles. The molecule has 1 fully saturated rings. The Bertz CT molecular complexity index is 553. The number of carbonyl (C=O) groups excluding carboxylic acids is 1. The quantitative estimate of drug-likeness (QED) is 0.931. The van der Waals surface area contributed by atoms with Crippen molar-refractivity contribution in [3.8, 4) is 0 Å². The summed E-state index contributed by atoms with van der Waals surface area (Å²) in [4.78, 5) is 24.5. The Balaban J connectivity index is 1.91. The molecule has 1 unspecified atom stereocenters. The molecule has 1 heterocycles. The molecule has 0 spiro atoms. The lowest BCUT2D eigenvalue weighted by Crippen LogP contribution is -2.50. The van der Waals surface area contributed by atoms with Gasteiger partial charge < -0.3 is 14.7 Å². The average molecular weight is 305 g/mol. The van der Waals surface area contributed by atoms with Gasteiger partial charge in [0.15, 0.2) is 0 Å². The summed E-state index contributed by atoms with van der Waals surface area (Å²) in [6.45, 7) is 8.51. The first kappa shape index (κ1) is 16.3. The van der Waals surface area contributed by atoms with Crippen LogP contribution in [0.2, 0.25) is 0 Å². The van der Waals surface area contributed by atoms with Crippen LogP contribution >= 0.6 is 0 Å². The summed E-state index contributed by atoms with van der Waals surface area (Å²) < 4.78 is 5.32. The zero-order chi connectivity index (χ0) is 16.5. The molecule has 1 aliphatic heterocycles. The molecule has 5 nitrogen and oxygen atoms in total. The molecule has 0 saturated carbocycles. The minimum Gasteiger partial charge on any atom is -0.481 e. The normalized spacial score (nSPS) is 16.8. The summed E-state index contributed by atoms with van der Waals surface area (Å²) in [6.07, 6.45) is -0.278. The number of benzene rings is 1. The molecule has 5 heteroatoms. The van der Waals surface area contributed by atoms with E-state index >= 15 is 0 Å². The van der Waals surface area contributed by atoms with Crippen molar-refractivity contribution in [2.24, 2.45) is 0 Å². The molecule has 0 aliphatic carbocycles. The van der Waals surface area contributed by atoms with E-state index in [0.29, 0.717) is 19.0 Å². The van der Waals surface area contributed by atoms with Crippen LogP contribution in [-0.4, -0.2) is 40.8 Å². The summed E-state index contributed by atoms with van der Waals surface area (Å²) in [5.41, 5.74) is 1.44. The molecule has 1 saturated heterocycles. The van der Waals surface area contributed by atoms with E-state index in [2.05, 4.69) is 0 Å². The molecular weight excluding hydrogens is 282 g/mol. The molecule has 1 amide bonds. The van der Waals surface area contributed by atoms with Gasteiger partial charge in [0.1, 0.15) is 5.60 Å². The van der Waals surface area contributed by atoms with Gasteiger partial charge >= 0.3 is 12.1 Å². The fraction of sp³-hybridized carbons (Fsp3) is 0.529. The van der Waals surface area contributed by atoms with E-state index in [-0.39, 0.29) is 6.09 Å². The predicted octanol–water partition coefficient (Wildman–Crippen LogP) is 3.21. The van der Waals surface area contributed by atoms with Crippen LogP contribution in [0.5, 0.6) is 0 Å². The van der Waals surface area contributed by atoms with E-state index in [1.807, 2.05) is 45.0 Å². The van der Waals surface area contributed by atoms with Crippen molar-refractivity contribution in [1.29, 1.82) is 0 Å². The zero-order valence-corrected chi connectivity index (χ0v) is 13.5. The van der Waals surface area contributed by atoms with Crippen molar-refractivity contribution >= 4 is 12.1 Å². The third-order valence-corrected chi connectivity index (χ3v) is 3.81. The number of hydrogen-bond acceptors (Lipinski definition) is 3. The lowest BCUT2D eigenvalue weighted by Gasteiger charge is -2.40. The maximum absolute atomic E-state index is 11.9. The van der Waals surface area contributed by atoms with Crippen LogP contribution in [0.4, 0.5) is 4.79 Å². The van der Waals surface area contributed by atoms with Gasteiger partial charge in [-0.2, -0.15) is 0 Å². The number of aliphatic carboxylic acids is 1. The summed E-state index contributed by atoms with van der Waals surface area (Å²) in [7, 11) is 0. The lowest BCUT2D eigenvalue weighted by molar-refractivity contribution is -0.138. The van der Waals surface area contributed by atoms with Gasteiger partial charge in [-0.15, -0.1) is 0 Å². The molecule has 2 rings (SSSR count). The van der Waals surface area contributed by atoms with E-state index in [0.717, 1.165) is 11.1 Å². The van der Waals surface area contributed by atoms with Crippen LogP contribution in [0, 0.1) is 0 Å². The highest BCUT2D eigenvalue weighted by Gasteiger charge is 2.34. The highest BCUT2D eigenvalue weighted by molar-refractivity contribution is 5.75. The molecule has 22 heavy (non-hydrogen) atoms. The second-order valence-corrected chi connectivity index (χ2v) is 6.81. The second kappa shape index (κ2) is 5.99. The Labute approximate surface area is 130 Å². The standard InChI is InChI=1S/C17H23NO4/c1-11(15(19)20)12-5-7-13(8-6-12)14-9-18(10-14)16(21)22-17(2,3)4/h5-8,11,14H,9-10H2,1-4H3,(H,19,20). The number of hydrogen-bond donors (Lipinski definition) is 1. The Morgan fingerprint density at radius 1 is 1.23 bits per heavy atom. The highest BCUT2D eigenvalue weighted by Crippen LogP contribution is 2.29. The van der Waals surface area contributed by atoms with Crippen molar-refractivity contribution in [3.63, 3.8) is 0 Å². The third-order valence-electron chi connectivity index (χ3n) is 3.81. The molecule has 0 aromatic heterocycles. The highest BCUT2D eigenvalue weighted by atomic mass is 16.6. The van der Waals surface area contributed by atoms with Crippen LogP contribution in [0.3, 0.4) is 0 Å². The molecule has 1 aliphatic rings. The predicted molar refractivity (Wildman–Crippen MR) is 83.0 cm³/mol. The molecule has 0 radical (unpaired) electrons. The number of carbonyl (C=O) groups is 2.